The molecule has 1 saturated heterocycles. The standard InChI is InChI=1S/C13H18N2O3/c1-18-13(17)9-4-6-15(7-5-9)10-2-3-11(14)12(16)8-10/h2-3,8-9,16H,4-7,14H2,1H3. The van der Waals surface area contributed by atoms with E-state index in [0.29, 0.717) is 5.69 Å². The summed E-state index contributed by atoms with van der Waals surface area (Å²) in [6, 6.07) is 5.23. The van der Waals surface area contributed by atoms with Crippen LogP contribution in [0.2, 0.25) is 0 Å². The second-order valence-corrected chi connectivity index (χ2v) is 4.53. The van der Waals surface area contributed by atoms with Crippen molar-refractivity contribution in [2.45, 2.75) is 12.8 Å². The van der Waals surface area contributed by atoms with Crippen LogP contribution in [0.3, 0.4) is 0 Å². The molecule has 1 aliphatic rings. The zero-order valence-corrected chi connectivity index (χ0v) is 10.4. The minimum atomic E-state index is -0.130. The molecule has 98 valence electrons. The number of nitrogens with zero attached hydrogens (tertiary/aromatic N) is 1. The van der Waals surface area contributed by atoms with Crippen molar-refractivity contribution in [1.29, 1.82) is 0 Å². The number of hydrogen-bond acceptors (Lipinski definition) is 5. The van der Waals surface area contributed by atoms with Gasteiger partial charge in [0.25, 0.3) is 0 Å². The monoisotopic (exact) mass is 250 g/mol. The molecule has 1 fully saturated rings. The average molecular weight is 250 g/mol. The molecule has 0 aromatic heterocycles. The number of nitrogens with two attached hydrogens (primary N) is 1. The topological polar surface area (TPSA) is 75.8 Å². The van der Waals surface area contributed by atoms with E-state index in [1.165, 1.54) is 7.11 Å². The van der Waals surface area contributed by atoms with Crippen LogP contribution in [0.15, 0.2) is 18.2 Å². The summed E-state index contributed by atoms with van der Waals surface area (Å²) in [7, 11) is 1.42. The fourth-order valence-corrected chi connectivity index (χ4v) is 2.27. The lowest BCUT2D eigenvalue weighted by Gasteiger charge is -2.32. The average Bonchev–Trinajstić information content (AvgIpc) is 2.41. The number of esters is 1. The molecule has 1 aromatic rings. The molecule has 0 saturated carbocycles. The molecule has 5 heteroatoms. The van der Waals surface area contributed by atoms with Gasteiger partial charge in [-0.15, -0.1) is 0 Å². The summed E-state index contributed by atoms with van der Waals surface area (Å²) >= 11 is 0. The van der Waals surface area contributed by atoms with E-state index in [0.717, 1.165) is 31.6 Å². The summed E-state index contributed by atoms with van der Waals surface area (Å²) in [6.07, 6.45) is 1.55. The summed E-state index contributed by atoms with van der Waals surface area (Å²) in [6.45, 7) is 1.56. The smallest absolute Gasteiger partial charge is 0.308 e. The zero-order valence-electron chi connectivity index (χ0n) is 10.4. The minimum Gasteiger partial charge on any atom is -0.506 e. The second-order valence-electron chi connectivity index (χ2n) is 4.53. The highest BCUT2D eigenvalue weighted by atomic mass is 16.5. The van der Waals surface area contributed by atoms with Crippen molar-refractivity contribution >= 4 is 17.3 Å². The number of hydrogen-bond donors (Lipinski definition) is 2. The van der Waals surface area contributed by atoms with Crippen LogP contribution in [-0.2, 0) is 9.53 Å². The number of carbonyl (C=O) groups is 1. The molecule has 5 nitrogen and oxygen atoms in total. The van der Waals surface area contributed by atoms with E-state index in [1.807, 2.05) is 6.07 Å². The molecule has 0 unspecified atom stereocenters. The van der Waals surface area contributed by atoms with Gasteiger partial charge in [0, 0.05) is 24.8 Å². The highest BCUT2D eigenvalue weighted by molar-refractivity contribution is 5.72. The van der Waals surface area contributed by atoms with Crippen molar-refractivity contribution in [3.8, 4) is 5.75 Å². The fraction of sp³-hybridized carbons (Fsp3) is 0.462. The molecule has 1 heterocycles. The third-order valence-corrected chi connectivity index (χ3v) is 3.41. The van der Waals surface area contributed by atoms with Gasteiger partial charge >= 0.3 is 5.97 Å². The van der Waals surface area contributed by atoms with E-state index < -0.39 is 0 Å². The van der Waals surface area contributed by atoms with E-state index in [-0.39, 0.29) is 17.6 Å². The molecule has 1 aromatic carbocycles. The van der Waals surface area contributed by atoms with E-state index >= 15 is 0 Å². The lowest BCUT2D eigenvalue weighted by atomic mass is 9.96. The Bertz CT molecular complexity index is 440. The first-order chi connectivity index (χ1) is 8.61. The molecule has 3 N–H and O–H groups in total. The number of phenols is 1. The van der Waals surface area contributed by atoms with E-state index in [9.17, 15) is 9.90 Å². The number of nitrogen functional groups attached to an aromatic ring is 1. The lowest BCUT2D eigenvalue weighted by molar-refractivity contribution is -0.146. The number of anilines is 2. The van der Waals surface area contributed by atoms with Crippen LogP contribution in [0.25, 0.3) is 0 Å². The zero-order chi connectivity index (χ0) is 13.1. The largest absolute Gasteiger partial charge is 0.506 e. The Morgan fingerprint density at radius 3 is 2.67 bits per heavy atom. The summed E-state index contributed by atoms with van der Waals surface area (Å²) < 4.78 is 4.75. The van der Waals surface area contributed by atoms with E-state index in [1.54, 1.807) is 12.1 Å². The Labute approximate surface area is 106 Å². The van der Waals surface area contributed by atoms with Gasteiger partial charge in [0.05, 0.1) is 18.7 Å². The third kappa shape index (κ3) is 2.50. The first kappa shape index (κ1) is 12.5. The Morgan fingerprint density at radius 1 is 1.44 bits per heavy atom. The molecule has 1 aliphatic heterocycles. The predicted molar refractivity (Wildman–Crippen MR) is 69.5 cm³/mol. The van der Waals surface area contributed by atoms with Gasteiger partial charge in [-0.3, -0.25) is 4.79 Å². The van der Waals surface area contributed by atoms with Gasteiger partial charge in [0.2, 0.25) is 0 Å². The van der Waals surface area contributed by atoms with Crippen molar-refractivity contribution in [2.75, 3.05) is 30.8 Å². The first-order valence-electron chi connectivity index (χ1n) is 6.03. The number of carbonyl (C=O) groups excluding carboxylic acids is 1. The Morgan fingerprint density at radius 2 is 2.11 bits per heavy atom. The van der Waals surface area contributed by atoms with E-state index in [4.69, 9.17) is 10.5 Å². The van der Waals surface area contributed by atoms with Crippen LogP contribution in [0, 0.1) is 5.92 Å². The number of phenolic OH excluding ortho intramolecular Hbond substituents is 1. The van der Waals surface area contributed by atoms with Crippen LogP contribution >= 0.6 is 0 Å². The molecule has 0 amide bonds. The maximum Gasteiger partial charge on any atom is 0.308 e. The number of benzene rings is 1. The lowest BCUT2D eigenvalue weighted by Crippen LogP contribution is -2.36. The van der Waals surface area contributed by atoms with Crippen molar-refractivity contribution in [3.05, 3.63) is 18.2 Å². The highest BCUT2D eigenvalue weighted by Gasteiger charge is 2.25. The number of ether oxygens (including phenoxy) is 1. The predicted octanol–water partition coefficient (Wildman–Crippen LogP) is 1.36. The molecule has 0 radical (unpaired) electrons. The van der Waals surface area contributed by atoms with Crippen molar-refractivity contribution in [1.82, 2.24) is 0 Å². The first-order valence-corrected chi connectivity index (χ1v) is 6.03. The molecule has 0 aliphatic carbocycles. The number of piperidine rings is 1. The van der Waals surface area contributed by atoms with Crippen molar-refractivity contribution in [2.24, 2.45) is 5.92 Å². The van der Waals surface area contributed by atoms with Crippen molar-refractivity contribution < 1.29 is 14.6 Å². The maximum atomic E-state index is 11.4. The van der Waals surface area contributed by atoms with Gasteiger partial charge in [-0.05, 0) is 25.0 Å². The minimum absolute atomic E-state index is 0.00590. The van der Waals surface area contributed by atoms with Gasteiger partial charge in [-0.25, -0.2) is 0 Å². The normalized spacial score (nSPS) is 16.6. The van der Waals surface area contributed by atoms with Crippen LogP contribution in [0.4, 0.5) is 11.4 Å². The molecule has 0 spiro atoms. The summed E-state index contributed by atoms with van der Waals surface area (Å²) in [5.41, 5.74) is 6.88. The highest BCUT2D eigenvalue weighted by Crippen LogP contribution is 2.29. The Hall–Kier alpha value is -1.91. The molecular formula is C13H18N2O3. The fourth-order valence-electron chi connectivity index (χ4n) is 2.27. The summed E-state index contributed by atoms with van der Waals surface area (Å²) in [4.78, 5) is 13.5. The van der Waals surface area contributed by atoms with Crippen LogP contribution < -0.4 is 10.6 Å². The van der Waals surface area contributed by atoms with Crippen LogP contribution in [0.5, 0.6) is 5.75 Å². The Balaban J connectivity index is 2.01. The van der Waals surface area contributed by atoms with Crippen LogP contribution in [-0.4, -0.2) is 31.3 Å². The number of rotatable bonds is 2. The molecular weight excluding hydrogens is 232 g/mol. The third-order valence-electron chi connectivity index (χ3n) is 3.41. The SMILES string of the molecule is COC(=O)C1CCN(c2ccc(N)c(O)c2)CC1. The van der Waals surface area contributed by atoms with Crippen LogP contribution in [0.1, 0.15) is 12.8 Å². The molecule has 0 bridgehead atoms. The quantitative estimate of drug-likeness (QED) is 0.471. The molecule has 2 rings (SSSR count). The van der Waals surface area contributed by atoms with Gasteiger partial charge in [-0.2, -0.15) is 0 Å². The number of methoxy groups -OCH3 is 1. The van der Waals surface area contributed by atoms with Gasteiger partial charge < -0.3 is 20.5 Å². The molecule has 0 atom stereocenters. The summed E-state index contributed by atoms with van der Waals surface area (Å²) in [5, 5.41) is 9.58. The molecule has 18 heavy (non-hydrogen) atoms. The van der Waals surface area contributed by atoms with Gasteiger partial charge in [-0.1, -0.05) is 0 Å². The maximum absolute atomic E-state index is 11.4. The second kappa shape index (κ2) is 5.16. The number of aromatic hydroxyl groups is 1. The van der Waals surface area contributed by atoms with E-state index in [2.05, 4.69) is 4.90 Å². The Kier molecular flexibility index (Phi) is 3.60. The van der Waals surface area contributed by atoms with Gasteiger partial charge in [0.15, 0.2) is 0 Å². The van der Waals surface area contributed by atoms with Gasteiger partial charge in [0.1, 0.15) is 5.75 Å². The summed E-state index contributed by atoms with van der Waals surface area (Å²) in [5.74, 6) is -0.0361. The van der Waals surface area contributed by atoms with Crippen molar-refractivity contribution in [3.63, 3.8) is 0 Å².